The van der Waals surface area contributed by atoms with Crippen LogP contribution in [0.3, 0.4) is 0 Å². The standard InChI is InChI=1S/C26H33N3O2/c1-14(6-22(30)29-18-7-15-8-19(29)11-26(31,9-15)10-18)20-12-27-25-24(20)23(17-4-5-17)21(13-28-25)16-2-3-16/h12-19,31H,2-11H2,1H3,(H,27,28). The van der Waals surface area contributed by atoms with Crippen molar-refractivity contribution in [3.63, 3.8) is 0 Å². The average molecular weight is 420 g/mol. The highest BCUT2D eigenvalue weighted by Crippen LogP contribution is 2.53. The lowest BCUT2D eigenvalue weighted by atomic mass is 9.61. The number of nitrogens with one attached hydrogen (secondary N) is 1. The van der Waals surface area contributed by atoms with Crippen LogP contribution in [0.4, 0.5) is 0 Å². The van der Waals surface area contributed by atoms with Crippen LogP contribution in [-0.4, -0.2) is 43.6 Å². The van der Waals surface area contributed by atoms with E-state index in [4.69, 9.17) is 4.98 Å². The molecule has 164 valence electrons. The van der Waals surface area contributed by atoms with Crippen LogP contribution in [0.15, 0.2) is 12.4 Å². The Hall–Kier alpha value is -1.88. The van der Waals surface area contributed by atoms with Crippen molar-refractivity contribution in [1.29, 1.82) is 0 Å². The van der Waals surface area contributed by atoms with Crippen LogP contribution in [0, 0.1) is 5.92 Å². The molecule has 2 aliphatic heterocycles. The Labute approximate surface area is 183 Å². The number of carbonyl (C=O) groups excluding carboxylic acids is 1. The lowest BCUT2D eigenvalue weighted by molar-refractivity contribution is -0.174. The summed E-state index contributed by atoms with van der Waals surface area (Å²) < 4.78 is 0. The Bertz CT molecular complexity index is 1050. The highest BCUT2D eigenvalue weighted by molar-refractivity contribution is 5.87. The molecule has 0 radical (unpaired) electrons. The first kappa shape index (κ1) is 18.7. The van der Waals surface area contributed by atoms with Crippen molar-refractivity contribution in [3.05, 3.63) is 29.1 Å². The van der Waals surface area contributed by atoms with Crippen LogP contribution in [0.5, 0.6) is 0 Å². The monoisotopic (exact) mass is 419 g/mol. The Morgan fingerprint density at radius 2 is 1.90 bits per heavy atom. The van der Waals surface area contributed by atoms with Gasteiger partial charge in [-0.25, -0.2) is 4.98 Å². The lowest BCUT2D eigenvalue weighted by Crippen LogP contribution is -2.65. The zero-order valence-electron chi connectivity index (χ0n) is 18.4. The van der Waals surface area contributed by atoms with Crippen molar-refractivity contribution in [2.24, 2.45) is 5.92 Å². The smallest absolute Gasteiger partial charge is 0.223 e. The van der Waals surface area contributed by atoms with E-state index < -0.39 is 5.60 Å². The fraction of sp³-hybridized carbons (Fsp3) is 0.692. The van der Waals surface area contributed by atoms with Gasteiger partial charge in [0.2, 0.25) is 5.91 Å². The van der Waals surface area contributed by atoms with Crippen LogP contribution in [0.1, 0.15) is 106 Å². The average Bonchev–Trinajstić information content (AvgIpc) is 3.62. The molecule has 4 bridgehead atoms. The SMILES string of the molecule is CC(CC(=O)N1C2CC3CC1CC(O)(C3)C2)c1c[nH]c2ncc(C3CC3)c(C3CC3)c12. The van der Waals surface area contributed by atoms with E-state index in [9.17, 15) is 9.90 Å². The number of aromatic nitrogens is 2. The van der Waals surface area contributed by atoms with Crippen LogP contribution in [0.25, 0.3) is 11.0 Å². The number of amides is 1. The zero-order chi connectivity index (χ0) is 20.9. The van der Waals surface area contributed by atoms with Gasteiger partial charge < -0.3 is 15.0 Å². The van der Waals surface area contributed by atoms with Crippen LogP contribution in [0.2, 0.25) is 0 Å². The van der Waals surface area contributed by atoms with Gasteiger partial charge >= 0.3 is 0 Å². The van der Waals surface area contributed by atoms with Gasteiger partial charge in [0.15, 0.2) is 0 Å². The molecule has 1 amide bonds. The molecule has 2 aromatic heterocycles. The van der Waals surface area contributed by atoms with Gasteiger partial charge in [0.25, 0.3) is 0 Å². The molecular weight excluding hydrogens is 386 g/mol. The van der Waals surface area contributed by atoms with E-state index in [1.807, 2.05) is 0 Å². The molecule has 4 saturated carbocycles. The molecule has 31 heavy (non-hydrogen) atoms. The maximum Gasteiger partial charge on any atom is 0.223 e. The quantitative estimate of drug-likeness (QED) is 0.737. The number of pyridine rings is 1. The summed E-state index contributed by atoms with van der Waals surface area (Å²) >= 11 is 0. The number of aromatic amines is 1. The molecule has 2 saturated heterocycles. The Kier molecular flexibility index (Phi) is 3.82. The number of nitrogens with zero attached hydrogens (tertiary/aromatic N) is 2. The predicted octanol–water partition coefficient (Wildman–Crippen LogP) is 4.72. The molecule has 0 spiro atoms. The predicted molar refractivity (Wildman–Crippen MR) is 119 cm³/mol. The van der Waals surface area contributed by atoms with E-state index in [1.54, 1.807) is 5.56 Å². The molecule has 4 heterocycles. The number of piperidine rings is 2. The van der Waals surface area contributed by atoms with E-state index in [-0.39, 0.29) is 18.0 Å². The highest BCUT2D eigenvalue weighted by atomic mass is 16.3. The third-order valence-electron chi connectivity index (χ3n) is 9.00. The summed E-state index contributed by atoms with van der Waals surface area (Å²) in [6, 6.07) is 0.508. The fourth-order valence-corrected chi connectivity index (χ4v) is 7.55. The summed E-state index contributed by atoms with van der Waals surface area (Å²) in [4.78, 5) is 23.9. The summed E-state index contributed by atoms with van der Waals surface area (Å²) in [6.45, 7) is 2.21. The molecular formula is C26H33N3O2. The minimum Gasteiger partial charge on any atom is -0.390 e. The second-order valence-electron chi connectivity index (χ2n) is 11.5. The molecule has 8 rings (SSSR count). The number of hydrogen-bond donors (Lipinski definition) is 2. The number of H-pyrrole nitrogens is 1. The molecule has 4 aliphatic carbocycles. The van der Waals surface area contributed by atoms with Crippen molar-refractivity contribution in [2.75, 3.05) is 0 Å². The zero-order valence-corrected chi connectivity index (χ0v) is 18.4. The number of rotatable bonds is 5. The molecule has 3 atom stereocenters. The summed E-state index contributed by atoms with van der Waals surface area (Å²) in [6.07, 6.45) is 14.7. The van der Waals surface area contributed by atoms with E-state index >= 15 is 0 Å². The van der Waals surface area contributed by atoms with Gasteiger partial charge in [0, 0.05) is 36.3 Å². The van der Waals surface area contributed by atoms with Gasteiger partial charge in [-0.2, -0.15) is 0 Å². The minimum atomic E-state index is -0.500. The Balaban J connectivity index is 1.18. The van der Waals surface area contributed by atoms with Crippen molar-refractivity contribution >= 4 is 16.9 Å². The molecule has 5 heteroatoms. The second kappa shape index (κ2) is 6.34. The molecule has 2 N–H and O–H groups in total. The van der Waals surface area contributed by atoms with E-state index in [0.717, 1.165) is 37.8 Å². The van der Waals surface area contributed by atoms with Crippen LogP contribution in [-0.2, 0) is 4.79 Å². The van der Waals surface area contributed by atoms with Crippen LogP contribution < -0.4 is 0 Å². The third-order valence-corrected chi connectivity index (χ3v) is 9.00. The normalized spacial score (nSPS) is 35.2. The second-order valence-corrected chi connectivity index (χ2v) is 11.5. The molecule has 3 unspecified atom stereocenters. The topological polar surface area (TPSA) is 69.2 Å². The Morgan fingerprint density at radius 3 is 2.55 bits per heavy atom. The fourth-order valence-electron chi connectivity index (χ4n) is 7.55. The molecule has 6 fully saturated rings. The molecule has 0 aromatic carbocycles. The minimum absolute atomic E-state index is 0.176. The largest absolute Gasteiger partial charge is 0.390 e. The first-order valence-electron chi connectivity index (χ1n) is 12.5. The summed E-state index contributed by atoms with van der Waals surface area (Å²) in [7, 11) is 0. The van der Waals surface area contributed by atoms with Gasteiger partial charge in [-0.1, -0.05) is 6.92 Å². The van der Waals surface area contributed by atoms with E-state index in [0.29, 0.717) is 30.1 Å². The maximum absolute atomic E-state index is 13.5. The Morgan fingerprint density at radius 1 is 1.19 bits per heavy atom. The van der Waals surface area contributed by atoms with Gasteiger partial charge in [-0.05, 0) is 98.1 Å². The van der Waals surface area contributed by atoms with Crippen molar-refractivity contribution in [2.45, 2.75) is 107 Å². The van der Waals surface area contributed by atoms with Crippen molar-refractivity contribution in [1.82, 2.24) is 14.9 Å². The van der Waals surface area contributed by atoms with Gasteiger partial charge in [0.05, 0.1) is 5.60 Å². The maximum atomic E-state index is 13.5. The third kappa shape index (κ3) is 2.92. The van der Waals surface area contributed by atoms with E-state index in [2.05, 4.69) is 29.2 Å². The van der Waals surface area contributed by atoms with Crippen LogP contribution >= 0.6 is 0 Å². The van der Waals surface area contributed by atoms with Gasteiger partial charge in [-0.15, -0.1) is 0 Å². The highest BCUT2D eigenvalue weighted by Gasteiger charge is 2.55. The summed E-state index contributed by atoms with van der Waals surface area (Å²) in [5.74, 6) is 2.48. The van der Waals surface area contributed by atoms with Gasteiger partial charge in [0.1, 0.15) is 5.65 Å². The molecule has 2 aromatic rings. The first-order chi connectivity index (χ1) is 15.0. The number of carbonyl (C=O) groups is 1. The van der Waals surface area contributed by atoms with Gasteiger partial charge in [-0.3, -0.25) is 4.79 Å². The number of aliphatic hydroxyl groups is 1. The summed E-state index contributed by atoms with van der Waals surface area (Å²) in [5.41, 5.74) is 4.80. The summed E-state index contributed by atoms with van der Waals surface area (Å²) in [5, 5.41) is 12.2. The lowest BCUT2D eigenvalue weighted by Gasteiger charge is -2.59. The van der Waals surface area contributed by atoms with E-state index in [1.165, 1.54) is 42.2 Å². The van der Waals surface area contributed by atoms with Crippen molar-refractivity contribution in [3.8, 4) is 0 Å². The number of hydrogen-bond acceptors (Lipinski definition) is 3. The molecule has 5 nitrogen and oxygen atoms in total. The number of fused-ring (bicyclic) bond motifs is 1. The first-order valence-corrected chi connectivity index (χ1v) is 12.5. The molecule has 6 aliphatic rings. The van der Waals surface area contributed by atoms with Crippen molar-refractivity contribution < 1.29 is 9.90 Å².